The third kappa shape index (κ3) is 8.70. The first-order valence-corrected chi connectivity index (χ1v) is 20.1. The number of amides is 4. The summed E-state index contributed by atoms with van der Waals surface area (Å²) >= 11 is 0. The van der Waals surface area contributed by atoms with Crippen LogP contribution in [0.15, 0.2) is 53.6 Å². The van der Waals surface area contributed by atoms with Gasteiger partial charge in [0.15, 0.2) is 6.33 Å². The van der Waals surface area contributed by atoms with E-state index in [9.17, 15) is 48.0 Å². The molecular formula is C36H42FN9O11P+. The number of benzene rings is 2. The zero-order chi connectivity index (χ0) is 41.3. The molecule has 4 amide bonds. The zero-order valence-electron chi connectivity index (χ0n) is 30.9. The SMILES string of the molecule is Nc1nc2c(c(=O)[nH]1)n(Cc1ccc(F)cc1)c[n+]2[C@@H]1O[C@H](COP(=O)(O)NCCCCCC(=O)Nc2cccc3c2CN(C2CCC(=O)NC2=O)C3=O)[C@@H](O)[C@H]1O. The average molecular weight is 827 g/mol. The van der Waals surface area contributed by atoms with Crippen LogP contribution in [0.25, 0.3) is 11.2 Å². The minimum Gasteiger partial charge on any atom is -0.387 e. The van der Waals surface area contributed by atoms with Crippen molar-refractivity contribution in [3.63, 3.8) is 0 Å². The first kappa shape index (κ1) is 40.8. The molecule has 0 saturated carbocycles. The number of carbonyl (C=O) groups is 4. The molecule has 0 radical (unpaired) electrons. The van der Waals surface area contributed by atoms with Crippen molar-refractivity contribution >= 4 is 54.2 Å². The number of hydrogen-bond donors (Lipinski definition) is 8. The number of halogens is 1. The van der Waals surface area contributed by atoms with Crippen LogP contribution in [0.1, 0.15) is 66.2 Å². The van der Waals surface area contributed by atoms with Crippen LogP contribution in [0.4, 0.5) is 16.0 Å². The van der Waals surface area contributed by atoms with Gasteiger partial charge in [-0.3, -0.25) is 43.4 Å². The highest BCUT2D eigenvalue weighted by atomic mass is 31.2. The summed E-state index contributed by atoms with van der Waals surface area (Å²) in [6.07, 6.45) is -2.49. The highest BCUT2D eigenvalue weighted by Gasteiger charge is 2.48. The Morgan fingerprint density at radius 2 is 1.88 bits per heavy atom. The van der Waals surface area contributed by atoms with E-state index in [2.05, 4.69) is 25.7 Å². The van der Waals surface area contributed by atoms with E-state index in [1.54, 1.807) is 18.2 Å². The smallest absolute Gasteiger partial charge is 0.387 e. The van der Waals surface area contributed by atoms with Crippen LogP contribution in [-0.2, 0) is 41.3 Å². The Balaban J connectivity index is 0.868. The summed E-state index contributed by atoms with van der Waals surface area (Å²) in [5, 5.41) is 29.3. The molecule has 4 aromatic rings. The van der Waals surface area contributed by atoms with Gasteiger partial charge < -0.3 is 35.8 Å². The molecule has 5 heterocycles. The number of ether oxygens (including phenoxy) is 1. The topological polar surface area (TPSA) is 284 Å². The summed E-state index contributed by atoms with van der Waals surface area (Å²) in [6.45, 7) is -0.334. The molecule has 0 bridgehead atoms. The van der Waals surface area contributed by atoms with Crippen LogP contribution in [0, 0.1) is 5.82 Å². The third-order valence-electron chi connectivity index (χ3n) is 10.2. The van der Waals surface area contributed by atoms with Gasteiger partial charge in [-0.25, -0.2) is 18.6 Å². The van der Waals surface area contributed by atoms with Gasteiger partial charge in [-0.2, -0.15) is 0 Å². The number of imidazole rings is 1. The number of aromatic nitrogens is 4. The molecule has 2 unspecified atom stereocenters. The maximum atomic E-state index is 13.5. The molecule has 6 atom stereocenters. The van der Waals surface area contributed by atoms with Crippen molar-refractivity contribution in [3.8, 4) is 0 Å². The highest BCUT2D eigenvalue weighted by Crippen LogP contribution is 2.39. The van der Waals surface area contributed by atoms with Gasteiger partial charge in [0.05, 0.1) is 13.2 Å². The molecule has 7 rings (SSSR count). The number of imide groups is 1. The molecule has 20 nitrogen and oxygen atoms in total. The summed E-state index contributed by atoms with van der Waals surface area (Å²) in [4.78, 5) is 81.1. The van der Waals surface area contributed by atoms with Gasteiger partial charge in [-0.15, -0.1) is 0 Å². The molecule has 2 saturated heterocycles. The Hall–Kier alpha value is -5.41. The standard InChI is InChI=1S/C36H41FN9O11P/c37-20-10-8-19(9-11-20)15-44-18-46(31-28(44)33(52)43-36(38)42-31)35-30(50)29(49)25(57-35)17-56-58(54,55)39-14-3-1-2-7-26(47)40-23-6-4-5-21-22(23)16-45(34(21)53)24-12-13-27(48)41-32(24)51/h4-6,8-11,18,24-25,29-30,35,49-50H,1-3,7,12-17H2,(H6-,38,39,40,41,42,43,47,48,51,52,54,55)/p+1/t24?,25-,29-,30-,35-/m1/s1. The van der Waals surface area contributed by atoms with Gasteiger partial charge in [-0.1, -0.05) is 29.6 Å². The largest absolute Gasteiger partial charge is 0.403 e. The number of nitrogen functional groups attached to an aromatic ring is 1. The molecule has 0 spiro atoms. The lowest BCUT2D eigenvalue weighted by Crippen LogP contribution is -2.52. The van der Waals surface area contributed by atoms with Crippen molar-refractivity contribution in [2.75, 3.05) is 24.2 Å². The first-order chi connectivity index (χ1) is 27.7. The Labute approximate surface area is 328 Å². The van der Waals surface area contributed by atoms with Gasteiger partial charge >= 0.3 is 13.4 Å². The van der Waals surface area contributed by atoms with Gasteiger partial charge in [-0.05, 0) is 49.1 Å². The maximum Gasteiger partial charge on any atom is 0.403 e. The Kier molecular flexibility index (Phi) is 11.8. The van der Waals surface area contributed by atoms with Crippen molar-refractivity contribution in [2.24, 2.45) is 0 Å². The molecule has 0 aliphatic carbocycles. The predicted molar refractivity (Wildman–Crippen MR) is 200 cm³/mol. The summed E-state index contributed by atoms with van der Waals surface area (Å²) in [5.74, 6) is -2.23. The second-order valence-corrected chi connectivity index (χ2v) is 15.9. The van der Waals surface area contributed by atoms with E-state index in [0.29, 0.717) is 41.6 Å². The number of anilines is 2. The number of rotatable bonds is 15. The lowest BCUT2D eigenvalue weighted by molar-refractivity contribution is -0.745. The quantitative estimate of drug-likeness (QED) is 0.0341. The number of H-pyrrole nitrogens is 1. The molecule has 22 heteroatoms. The fourth-order valence-electron chi connectivity index (χ4n) is 7.31. The summed E-state index contributed by atoms with van der Waals surface area (Å²) < 4.78 is 40.1. The Morgan fingerprint density at radius 3 is 2.64 bits per heavy atom. The number of aliphatic hydroxyl groups excluding tert-OH is 2. The lowest BCUT2D eigenvalue weighted by atomic mass is 10.0. The first-order valence-electron chi connectivity index (χ1n) is 18.5. The number of nitrogens with zero attached hydrogens (tertiary/aromatic N) is 4. The van der Waals surface area contributed by atoms with E-state index in [0.717, 1.165) is 0 Å². The number of unbranched alkanes of at least 4 members (excludes halogenated alkanes) is 2. The molecule has 9 N–H and O–H groups in total. The summed E-state index contributed by atoms with van der Waals surface area (Å²) in [7, 11) is -4.41. The molecule has 3 aliphatic heterocycles. The van der Waals surface area contributed by atoms with Crippen LogP contribution in [0.3, 0.4) is 0 Å². The van der Waals surface area contributed by atoms with Crippen LogP contribution in [0.2, 0.25) is 0 Å². The minimum absolute atomic E-state index is 0.0200. The monoisotopic (exact) mass is 826 g/mol. The van der Waals surface area contributed by atoms with E-state index < -0.39 is 62.2 Å². The number of nitrogens with one attached hydrogen (secondary N) is 4. The van der Waals surface area contributed by atoms with E-state index in [4.69, 9.17) is 15.0 Å². The second-order valence-electron chi connectivity index (χ2n) is 14.3. The second kappa shape index (κ2) is 16.8. The van der Waals surface area contributed by atoms with Crippen LogP contribution in [0.5, 0.6) is 0 Å². The van der Waals surface area contributed by atoms with Crippen molar-refractivity contribution < 1.29 is 57.1 Å². The van der Waals surface area contributed by atoms with Crippen molar-refractivity contribution in [1.82, 2.24) is 29.8 Å². The molecule has 2 aromatic carbocycles. The molecule has 308 valence electrons. The number of hydrogen-bond acceptors (Lipinski definition) is 12. The third-order valence-corrected chi connectivity index (χ3v) is 11.4. The van der Waals surface area contributed by atoms with Crippen molar-refractivity contribution in [3.05, 3.63) is 81.7 Å². The fraction of sp³-hybridized carbons (Fsp3) is 0.417. The maximum absolute atomic E-state index is 13.5. The van der Waals surface area contributed by atoms with Crippen LogP contribution >= 0.6 is 7.75 Å². The van der Waals surface area contributed by atoms with Gasteiger partial charge in [0.25, 0.3) is 17.4 Å². The normalized spacial score (nSPS) is 22.9. The van der Waals surface area contributed by atoms with E-state index >= 15 is 0 Å². The molecule has 58 heavy (non-hydrogen) atoms. The van der Waals surface area contributed by atoms with E-state index in [1.165, 1.54) is 44.6 Å². The Bertz CT molecular complexity index is 2360. The number of nitrogens with two attached hydrogens (primary N) is 1. The number of carbonyl (C=O) groups excluding carboxylic acids is 4. The van der Waals surface area contributed by atoms with Crippen LogP contribution in [-0.4, -0.2) is 95.7 Å². The van der Waals surface area contributed by atoms with Crippen molar-refractivity contribution in [1.29, 1.82) is 0 Å². The average Bonchev–Trinajstić information content (AvgIpc) is 3.80. The zero-order valence-corrected chi connectivity index (χ0v) is 31.8. The summed E-state index contributed by atoms with van der Waals surface area (Å²) in [5.41, 5.74) is 7.33. The fourth-order valence-corrected chi connectivity index (χ4v) is 8.19. The highest BCUT2D eigenvalue weighted by molar-refractivity contribution is 7.50. The minimum atomic E-state index is -4.41. The van der Waals surface area contributed by atoms with E-state index in [1.807, 2.05) is 0 Å². The van der Waals surface area contributed by atoms with Crippen LogP contribution < -0.4 is 31.6 Å². The van der Waals surface area contributed by atoms with E-state index in [-0.39, 0.29) is 73.7 Å². The van der Waals surface area contributed by atoms with Gasteiger partial charge in [0, 0.05) is 42.7 Å². The lowest BCUT2D eigenvalue weighted by Gasteiger charge is -2.29. The molecule has 3 aliphatic rings. The molecule has 2 fully saturated rings. The predicted octanol–water partition coefficient (Wildman–Crippen LogP) is 0.0676. The number of aliphatic hydroxyl groups is 2. The molecular weight excluding hydrogens is 784 g/mol. The Morgan fingerprint density at radius 1 is 1.10 bits per heavy atom. The van der Waals surface area contributed by atoms with Gasteiger partial charge in [0.1, 0.15) is 30.2 Å². The molecule has 2 aromatic heterocycles. The summed E-state index contributed by atoms with van der Waals surface area (Å²) in [6, 6.07) is 9.75. The van der Waals surface area contributed by atoms with Crippen molar-refractivity contribution in [2.45, 2.75) is 82.2 Å². The van der Waals surface area contributed by atoms with Gasteiger partial charge in [0.2, 0.25) is 29.5 Å². The number of aromatic amines is 1. The number of piperidine rings is 1. The number of fused-ring (bicyclic) bond motifs is 2.